The van der Waals surface area contributed by atoms with Gasteiger partial charge in [0.2, 0.25) is 0 Å². The minimum absolute atomic E-state index is 0.0130. The van der Waals surface area contributed by atoms with Crippen LogP contribution in [0.15, 0.2) is 18.2 Å². The van der Waals surface area contributed by atoms with Gasteiger partial charge in [0.25, 0.3) is 0 Å². The molecule has 14 heavy (non-hydrogen) atoms. The highest BCUT2D eigenvalue weighted by Crippen LogP contribution is 2.40. The van der Waals surface area contributed by atoms with Crippen LogP contribution >= 0.6 is 0 Å². The van der Waals surface area contributed by atoms with Crippen molar-refractivity contribution in [3.05, 3.63) is 29.3 Å². The Hall–Kier alpha value is -1.02. The lowest BCUT2D eigenvalue weighted by Gasteiger charge is -2.07. The Bertz CT molecular complexity index is 380. The van der Waals surface area contributed by atoms with E-state index in [1.165, 1.54) is 11.1 Å². The van der Waals surface area contributed by atoms with E-state index < -0.39 is 0 Å². The van der Waals surface area contributed by atoms with Crippen molar-refractivity contribution in [3.63, 3.8) is 0 Å². The molecule has 0 bridgehead atoms. The van der Waals surface area contributed by atoms with Crippen molar-refractivity contribution in [1.29, 1.82) is 0 Å². The fourth-order valence-corrected chi connectivity index (χ4v) is 2.03. The van der Waals surface area contributed by atoms with Crippen molar-refractivity contribution in [1.82, 2.24) is 0 Å². The van der Waals surface area contributed by atoms with E-state index in [1.807, 2.05) is 0 Å². The SMILES string of the molecule is CC1Cc2cc(C3(C)CO3)ccc2O1. The van der Waals surface area contributed by atoms with Gasteiger partial charge in [-0.25, -0.2) is 0 Å². The third kappa shape index (κ3) is 1.14. The number of rotatable bonds is 1. The molecule has 1 aromatic rings. The molecule has 3 rings (SSSR count). The van der Waals surface area contributed by atoms with Crippen LogP contribution in [0.5, 0.6) is 5.75 Å². The zero-order valence-corrected chi connectivity index (χ0v) is 8.54. The van der Waals surface area contributed by atoms with Crippen LogP contribution in [0.4, 0.5) is 0 Å². The van der Waals surface area contributed by atoms with Gasteiger partial charge in [0.1, 0.15) is 17.5 Å². The number of hydrogen-bond donors (Lipinski definition) is 0. The standard InChI is InChI=1S/C12H14O2/c1-8-5-9-6-10(12(2)7-13-12)3-4-11(9)14-8/h3-4,6,8H,5,7H2,1-2H3. The molecule has 2 nitrogen and oxygen atoms in total. The summed E-state index contributed by atoms with van der Waals surface area (Å²) < 4.78 is 11.1. The van der Waals surface area contributed by atoms with Gasteiger partial charge in [-0.15, -0.1) is 0 Å². The average Bonchev–Trinajstić information content (AvgIpc) is 2.79. The van der Waals surface area contributed by atoms with E-state index in [9.17, 15) is 0 Å². The molecule has 2 unspecified atom stereocenters. The molecule has 2 aliphatic rings. The molecule has 0 radical (unpaired) electrons. The van der Waals surface area contributed by atoms with Crippen molar-refractivity contribution < 1.29 is 9.47 Å². The van der Waals surface area contributed by atoms with Crippen molar-refractivity contribution in [2.75, 3.05) is 6.61 Å². The molecule has 1 aromatic carbocycles. The number of benzene rings is 1. The Morgan fingerprint density at radius 1 is 1.43 bits per heavy atom. The monoisotopic (exact) mass is 190 g/mol. The Kier molecular flexibility index (Phi) is 1.49. The molecule has 2 atom stereocenters. The van der Waals surface area contributed by atoms with Gasteiger partial charge in [0.05, 0.1) is 6.61 Å². The van der Waals surface area contributed by atoms with Gasteiger partial charge in [-0.2, -0.15) is 0 Å². The molecule has 0 aromatic heterocycles. The lowest BCUT2D eigenvalue weighted by molar-refractivity contribution is 0.254. The van der Waals surface area contributed by atoms with Crippen molar-refractivity contribution in [3.8, 4) is 5.75 Å². The second-order valence-corrected chi connectivity index (χ2v) is 4.47. The van der Waals surface area contributed by atoms with Gasteiger partial charge in [0.15, 0.2) is 0 Å². The number of ether oxygens (including phenoxy) is 2. The molecule has 74 valence electrons. The van der Waals surface area contributed by atoms with Crippen molar-refractivity contribution >= 4 is 0 Å². The second-order valence-electron chi connectivity index (χ2n) is 4.47. The first kappa shape index (κ1) is 8.30. The molecular formula is C12H14O2. The highest BCUT2D eigenvalue weighted by atomic mass is 16.6. The van der Waals surface area contributed by atoms with E-state index >= 15 is 0 Å². The summed E-state index contributed by atoms with van der Waals surface area (Å²) in [6.45, 7) is 5.09. The van der Waals surface area contributed by atoms with E-state index in [4.69, 9.17) is 9.47 Å². The largest absolute Gasteiger partial charge is 0.490 e. The predicted octanol–water partition coefficient (Wildman–Crippen LogP) is 2.26. The van der Waals surface area contributed by atoms with Crippen LogP contribution in [0.3, 0.4) is 0 Å². The molecule has 0 spiro atoms. The summed E-state index contributed by atoms with van der Waals surface area (Å²) in [6.07, 6.45) is 1.35. The molecule has 1 saturated heterocycles. The van der Waals surface area contributed by atoms with E-state index in [0.717, 1.165) is 18.8 Å². The summed E-state index contributed by atoms with van der Waals surface area (Å²) in [5.74, 6) is 1.05. The molecule has 0 aliphatic carbocycles. The highest BCUT2D eigenvalue weighted by Gasteiger charge is 2.41. The van der Waals surface area contributed by atoms with Gasteiger partial charge in [-0.05, 0) is 37.1 Å². The fourth-order valence-electron chi connectivity index (χ4n) is 2.03. The first-order valence-corrected chi connectivity index (χ1v) is 5.11. The van der Waals surface area contributed by atoms with Crippen LogP contribution in [-0.4, -0.2) is 12.7 Å². The Balaban J connectivity index is 2.00. The minimum Gasteiger partial charge on any atom is -0.490 e. The molecule has 2 aliphatic heterocycles. The second kappa shape index (κ2) is 2.51. The summed E-state index contributed by atoms with van der Waals surface area (Å²) in [7, 11) is 0. The molecule has 0 N–H and O–H groups in total. The smallest absolute Gasteiger partial charge is 0.123 e. The van der Waals surface area contributed by atoms with Crippen LogP contribution in [0.1, 0.15) is 25.0 Å². The zero-order chi connectivity index (χ0) is 9.76. The lowest BCUT2D eigenvalue weighted by Crippen LogP contribution is -2.05. The summed E-state index contributed by atoms with van der Waals surface area (Å²) in [5, 5.41) is 0. The van der Waals surface area contributed by atoms with Crippen LogP contribution in [-0.2, 0) is 16.8 Å². The Morgan fingerprint density at radius 3 is 2.93 bits per heavy atom. The normalized spacial score (nSPS) is 33.7. The third-order valence-electron chi connectivity index (χ3n) is 3.08. The molecule has 0 saturated carbocycles. The van der Waals surface area contributed by atoms with Gasteiger partial charge < -0.3 is 9.47 Å². The van der Waals surface area contributed by atoms with Gasteiger partial charge in [-0.1, -0.05) is 6.07 Å². The molecule has 0 amide bonds. The van der Waals surface area contributed by atoms with Gasteiger partial charge in [0, 0.05) is 6.42 Å². The maximum atomic E-state index is 5.65. The van der Waals surface area contributed by atoms with E-state index in [1.54, 1.807) is 0 Å². The highest BCUT2D eigenvalue weighted by molar-refractivity contribution is 5.43. The van der Waals surface area contributed by atoms with Crippen LogP contribution in [0.2, 0.25) is 0 Å². The van der Waals surface area contributed by atoms with Crippen molar-refractivity contribution in [2.24, 2.45) is 0 Å². The van der Waals surface area contributed by atoms with E-state index in [0.29, 0.717) is 6.10 Å². The van der Waals surface area contributed by atoms with Gasteiger partial charge in [-0.3, -0.25) is 0 Å². The summed E-state index contributed by atoms with van der Waals surface area (Å²) in [6, 6.07) is 6.41. The molecule has 2 heteroatoms. The Morgan fingerprint density at radius 2 is 2.21 bits per heavy atom. The topological polar surface area (TPSA) is 21.8 Å². The third-order valence-corrected chi connectivity index (χ3v) is 3.08. The first-order valence-electron chi connectivity index (χ1n) is 5.11. The first-order chi connectivity index (χ1) is 6.67. The Labute approximate surface area is 83.8 Å². The van der Waals surface area contributed by atoms with E-state index in [-0.39, 0.29) is 5.60 Å². The fraction of sp³-hybridized carbons (Fsp3) is 0.500. The maximum Gasteiger partial charge on any atom is 0.123 e. The van der Waals surface area contributed by atoms with Crippen molar-refractivity contribution in [2.45, 2.75) is 32.0 Å². The zero-order valence-electron chi connectivity index (χ0n) is 8.54. The molecular weight excluding hydrogens is 176 g/mol. The summed E-state index contributed by atoms with van der Waals surface area (Å²) in [4.78, 5) is 0. The maximum absolute atomic E-state index is 5.65. The average molecular weight is 190 g/mol. The van der Waals surface area contributed by atoms with E-state index in [2.05, 4.69) is 32.0 Å². The predicted molar refractivity (Wildman–Crippen MR) is 53.5 cm³/mol. The molecule has 2 heterocycles. The quantitative estimate of drug-likeness (QED) is 0.633. The number of epoxide rings is 1. The number of fused-ring (bicyclic) bond motifs is 1. The number of hydrogen-bond acceptors (Lipinski definition) is 2. The van der Waals surface area contributed by atoms with Gasteiger partial charge >= 0.3 is 0 Å². The summed E-state index contributed by atoms with van der Waals surface area (Å²) >= 11 is 0. The lowest BCUT2D eigenvalue weighted by atomic mass is 9.98. The van der Waals surface area contributed by atoms with Crippen LogP contribution in [0.25, 0.3) is 0 Å². The van der Waals surface area contributed by atoms with Crippen LogP contribution < -0.4 is 4.74 Å². The summed E-state index contributed by atoms with van der Waals surface area (Å²) in [5.41, 5.74) is 2.60. The minimum atomic E-state index is -0.0130. The van der Waals surface area contributed by atoms with Crippen LogP contribution in [0, 0.1) is 0 Å². The molecule has 1 fully saturated rings.